The van der Waals surface area contributed by atoms with E-state index in [1.54, 1.807) is 18.7 Å². The third kappa shape index (κ3) is 4.66. The van der Waals surface area contributed by atoms with Crippen LogP contribution in [0.3, 0.4) is 0 Å². The molecule has 2 atom stereocenters. The van der Waals surface area contributed by atoms with Gasteiger partial charge in [-0.05, 0) is 78.6 Å². The Kier molecular flexibility index (Phi) is 6.29. The molecule has 1 aromatic heterocycles. The molecule has 2 aromatic rings. The maximum absolute atomic E-state index is 14.7. The smallest absolute Gasteiger partial charge is 0.270 e. The number of piperidine rings is 2. The van der Waals surface area contributed by atoms with Crippen molar-refractivity contribution in [1.29, 1.82) is 0 Å². The summed E-state index contributed by atoms with van der Waals surface area (Å²) in [6.07, 6.45) is 6.91. The number of ether oxygens (including phenoxy) is 1. The van der Waals surface area contributed by atoms with Gasteiger partial charge in [0.1, 0.15) is 5.75 Å². The molecule has 8 nitrogen and oxygen atoms in total. The lowest BCUT2D eigenvalue weighted by Gasteiger charge is -2.44. The predicted molar refractivity (Wildman–Crippen MR) is 135 cm³/mol. The van der Waals surface area contributed by atoms with E-state index in [1.807, 2.05) is 32.0 Å². The van der Waals surface area contributed by atoms with Crippen molar-refractivity contribution in [1.82, 2.24) is 14.9 Å². The molecule has 5 rings (SSSR count). The van der Waals surface area contributed by atoms with Crippen LogP contribution in [0.15, 0.2) is 24.4 Å². The number of carbonyl (C=O) groups is 1. The highest BCUT2D eigenvalue weighted by molar-refractivity contribution is 6.03. The van der Waals surface area contributed by atoms with E-state index < -0.39 is 11.4 Å². The quantitative estimate of drug-likeness (QED) is 0.639. The number of anilines is 4. The Bertz CT molecular complexity index is 1110. The first-order chi connectivity index (χ1) is 16.7. The molecule has 0 radical (unpaired) electrons. The highest BCUT2D eigenvalue weighted by Gasteiger charge is 2.42. The summed E-state index contributed by atoms with van der Waals surface area (Å²) in [5.74, 6) is 0.611. The van der Waals surface area contributed by atoms with E-state index in [9.17, 15) is 9.18 Å². The topological polar surface area (TPSA) is 82.6 Å². The zero-order valence-electron chi connectivity index (χ0n) is 21.0. The van der Waals surface area contributed by atoms with Crippen LogP contribution < -0.4 is 20.3 Å². The summed E-state index contributed by atoms with van der Waals surface area (Å²) >= 11 is 0. The van der Waals surface area contributed by atoms with Crippen LogP contribution in [-0.2, 0) is 4.79 Å². The zero-order valence-corrected chi connectivity index (χ0v) is 21.0. The number of aromatic nitrogens is 2. The predicted octanol–water partition coefficient (Wildman–Crippen LogP) is 4.70. The molecule has 1 aromatic carbocycles. The lowest BCUT2D eigenvalue weighted by atomic mass is 9.89. The van der Waals surface area contributed by atoms with Crippen molar-refractivity contribution in [2.75, 3.05) is 28.6 Å². The van der Waals surface area contributed by atoms with Gasteiger partial charge in [0.15, 0.2) is 17.2 Å². The Morgan fingerprint density at radius 1 is 1.17 bits per heavy atom. The van der Waals surface area contributed by atoms with Gasteiger partial charge in [0, 0.05) is 29.9 Å². The number of fused-ring (bicyclic) bond motifs is 2. The number of carbonyl (C=O) groups excluding carboxylic acids is 1. The van der Waals surface area contributed by atoms with E-state index >= 15 is 0 Å². The maximum Gasteiger partial charge on any atom is 0.270 e. The number of nitrogens with one attached hydrogen (secondary N) is 2. The molecule has 188 valence electrons. The summed E-state index contributed by atoms with van der Waals surface area (Å²) in [5.41, 5.74) is 0.463. The first-order valence-electron chi connectivity index (χ1n) is 12.7. The Morgan fingerprint density at radius 2 is 1.97 bits per heavy atom. The summed E-state index contributed by atoms with van der Waals surface area (Å²) in [6.45, 7) is 9.75. The van der Waals surface area contributed by atoms with E-state index in [-0.39, 0.29) is 23.8 Å². The largest absolute Gasteiger partial charge is 0.476 e. The maximum atomic E-state index is 14.7. The minimum atomic E-state index is -0.966. The number of amides is 1. The summed E-state index contributed by atoms with van der Waals surface area (Å²) in [4.78, 5) is 25.8. The van der Waals surface area contributed by atoms with Gasteiger partial charge in [-0.2, -0.15) is 4.98 Å². The molecule has 2 N–H and O–H groups in total. The van der Waals surface area contributed by atoms with Gasteiger partial charge in [0.05, 0.1) is 11.9 Å². The van der Waals surface area contributed by atoms with Crippen molar-refractivity contribution in [3.05, 3.63) is 30.2 Å². The van der Waals surface area contributed by atoms with Crippen LogP contribution in [-0.4, -0.2) is 57.6 Å². The standard InChI is InChI=1S/C26H35FN6O2/c1-16(2)33-21-11-10-17(14-22(21)35-26(3,4)24(33)34)29-25-28-15-18(27)23(31-25)30-19-8-7-13-32-12-6-5-9-20(19)32/h10-11,14-16,19-20H,5-9,12-13H2,1-4H3,(H2,28,29,30,31)/t19-,20-/m1/s1. The fourth-order valence-electron chi connectivity index (χ4n) is 5.56. The molecular formula is C26H35FN6O2. The third-order valence-electron chi connectivity index (χ3n) is 7.25. The van der Waals surface area contributed by atoms with Crippen molar-refractivity contribution < 1.29 is 13.9 Å². The van der Waals surface area contributed by atoms with Crippen LogP contribution in [0.1, 0.15) is 59.8 Å². The van der Waals surface area contributed by atoms with Crippen LogP contribution in [0.25, 0.3) is 0 Å². The lowest BCUT2D eigenvalue weighted by Crippen LogP contribution is -2.54. The molecule has 1 amide bonds. The van der Waals surface area contributed by atoms with E-state index in [2.05, 4.69) is 25.5 Å². The molecule has 0 bridgehead atoms. The number of nitrogens with zero attached hydrogens (tertiary/aromatic N) is 4. The molecule has 4 heterocycles. The first-order valence-corrected chi connectivity index (χ1v) is 12.7. The van der Waals surface area contributed by atoms with Crippen LogP contribution in [0.5, 0.6) is 5.75 Å². The monoisotopic (exact) mass is 482 g/mol. The fourth-order valence-corrected chi connectivity index (χ4v) is 5.56. The molecule has 35 heavy (non-hydrogen) atoms. The Balaban J connectivity index is 1.36. The second-order valence-corrected chi connectivity index (χ2v) is 10.6. The fraction of sp³-hybridized carbons (Fsp3) is 0.577. The van der Waals surface area contributed by atoms with Crippen molar-refractivity contribution in [3.63, 3.8) is 0 Å². The minimum Gasteiger partial charge on any atom is -0.476 e. The van der Waals surface area contributed by atoms with Crippen molar-refractivity contribution >= 4 is 29.0 Å². The highest BCUT2D eigenvalue weighted by atomic mass is 19.1. The summed E-state index contributed by atoms with van der Waals surface area (Å²) in [6, 6.07) is 6.14. The molecule has 0 spiro atoms. The van der Waals surface area contributed by atoms with Gasteiger partial charge in [0.2, 0.25) is 5.95 Å². The molecular weight excluding hydrogens is 447 g/mol. The molecule has 0 unspecified atom stereocenters. The SMILES string of the molecule is CC(C)N1C(=O)C(C)(C)Oc2cc(Nc3ncc(F)c(N[C@@H]4CCCN5CCCC[C@H]45)n3)ccc21. The number of benzene rings is 1. The molecule has 0 aliphatic carbocycles. The van der Waals surface area contributed by atoms with Gasteiger partial charge in [-0.15, -0.1) is 0 Å². The van der Waals surface area contributed by atoms with Gasteiger partial charge >= 0.3 is 0 Å². The van der Waals surface area contributed by atoms with Gasteiger partial charge in [-0.3, -0.25) is 9.69 Å². The molecule has 0 saturated carbocycles. The summed E-state index contributed by atoms with van der Waals surface area (Å²) < 4.78 is 20.7. The van der Waals surface area contributed by atoms with Gasteiger partial charge in [0.25, 0.3) is 5.91 Å². The second kappa shape index (κ2) is 9.26. The molecule has 3 aliphatic rings. The number of hydrogen-bond donors (Lipinski definition) is 2. The lowest BCUT2D eigenvalue weighted by molar-refractivity contribution is -0.133. The Morgan fingerprint density at radius 3 is 2.77 bits per heavy atom. The van der Waals surface area contributed by atoms with Crippen LogP contribution in [0, 0.1) is 5.82 Å². The van der Waals surface area contributed by atoms with Crippen LogP contribution in [0.4, 0.5) is 27.5 Å². The van der Waals surface area contributed by atoms with Crippen molar-refractivity contribution in [2.45, 2.75) is 83.5 Å². The number of rotatable bonds is 5. The Labute approximate surface area is 206 Å². The Hall–Kier alpha value is -2.94. The van der Waals surface area contributed by atoms with Gasteiger partial charge < -0.3 is 20.3 Å². The van der Waals surface area contributed by atoms with E-state index in [4.69, 9.17) is 4.74 Å². The van der Waals surface area contributed by atoms with E-state index in [1.165, 1.54) is 19.0 Å². The third-order valence-corrected chi connectivity index (χ3v) is 7.25. The second-order valence-electron chi connectivity index (χ2n) is 10.6. The van der Waals surface area contributed by atoms with Crippen LogP contribution in [0.2, 0.25) is 0 Å². The van der Waals surface area contributed by atoms with E-state index in [0.29, 0.717) is 23.4 Å². The van der Waals surface area contributed by atoms with Crippen LogP contribution >= 0.6 is 0 Å². The molecule has 9 heteroatoms. The van der Waals surface area contributed by atoms with Crippen molar-refractivity contribution in [3.8, 4) is 5.75 Å². The molecule has 2 saturated heterocycles. The normalized spacial score (nSPS) is 23.9. The molecule has 3 aliphatic heterocycles. The summed E-state index contributed by atoms with van der Waals surface area (Å²) in [5, 5.41) is 6.56. The first kappa shape index (κ1) is 23.8. The number of hydrogen-bond acceptors (Lipinski definition) is 7. The average molecular weight is 483 g/mol. The number of halogens is 1. The van der Waals surface area contributed by atoms with E-state index in [0.717, 1.165) is 38.0 Å². The summed E-state index contributed by atoms with van der Waals surface area (Å²) in [7, 11) is 0. The average Bonchev–Trinajstić information content (AvgIpc) is 2.82. The highest BCUT2D eigenvalue weighted by Crippen LogP contribution is 2.41. The minimum absolute atomic E-state index is 0.00262. The zero-order chi connectivity index (χ0) is 24.7. The van der Waals surface area contributed by atoms with Gasteiger partial charge in [-0.25, -0.2) is 9.37 Å². The van der Waals surface area contributed by atoms with Crippen molar-refractivity contribution in [2.24, 2.45) is 0 Å². The van der Waals surface area contributed by atoms with Gasteiger partial charge in [-0.1, -0.05) is 6.42 Å². The molecule has 2 fully saturated rings.